The number of rotatable bonds is 7. The summed E-state index contributed by atoms with van der Waals surface area (Å²) in [4.78, 5) is 17.6. The first-order valence-electron chi connectivity index (χ1n) is 15.0. The average Bonchev–Trinajstić information content (AvgIpc) is 2.96. The lowest BCUT2D eigenvalue weighted by molar-refractivity contribution is 0.177. The maximum Gasteiger partial charge on any atom is 0.227 e. The molecule has 206 valence electrons. The number of nitrogens with zero attached hydrogens (tertiary/aromatic N) is 5. The molecule has 3 saturated heterocycles. The van der Waals surface area contributed by atoms with Crippen LogP contribution in [0.15, 0.2) is 12.1 Å². The van der Waals surface area contributed by atoms with Gasteiger partial charge >= 0.3 is 0 Å². The van der Waals surface area contributed by atoms with Gasteiger partial charge in [-0.05, 0) is 84.0 Å². The molecule has 3 aliphatic rings. The Hall–Kier alpha value is -2.56. The molecule has 0 spiro atoms. The number of hydrogen-bond acceptors (Lipinski definition) is 7. The molecule has 4 heterocycles. The van der Waals surface area contributed by atoms with Gasteiger partial charge in [-0.15, -0.1) is 0 Å². The molecule has 7 heteroatoms. The molecule has 7 nitrogen and oxygen atoms in total. The van der Waals surface area contributed by atoms with Gasteiger partial charge in [-0.3, -0.25) is 0 Å². The first kappa shape index (κ1) is 27.0. The number of methoxy groups -OCH3 is 1. The minimum atomic E-state index is 0.414. The van der Waals surface area contributed by atoms with Crippen LogP contribution in [0.4, 0.5) is 11.8 Å². The van der Waals surface area contributed by atoms with Crippen LogP contribution in [-0.4, -0.2) is 84.8 Å². The van der Waals surface area contributed by atoms with Crippen LogP contribution in [-0.2, 0) is 0 Å². The molecule has 3 fully saturated rings. The summed E-state index contributed by atoms with van der Waals surface area (Å²) in [6, 6.07) is 5.22. The number of anilines is 2. The molecule has 38 heavy (non-hydrogen) atoms. The van der Waals surface area contributed by atoms with Crippen molar-refractivity contribution in [3.63, 3.8) is 0 Å². The fraction of sp³-hybridized carbons (Fsp3) is 0.677. The smallest absolute Gasteiger partial charge is 0.227 e. The average molecular weight is 519 g/mol. The highest BCUT2D eigenvalue weighted by Crippen LogP contribution is 2.32. The molecular weight excluding hydrogens is 472 g/mol. The number of ether oxygens (including phenoxy) is 1. The van der Waals surface area contributed by atoms with Crippen LogP contribution in [0.3, 0.4) is 0 Å². The van der Waals surface area contributed by atoms with E-state index in [1.165, 1.54) is 51.6 Å². The minimum absolute atomic E-state index is 0.414. The van der Waals surface area contributed by atoms with Crippen molar-refractivity contribution in [2.24, 2.45) is 0 Å². The van der Waals surface area contributed by atoms with Crippen LogP contribution in [0.1, 0.15) is 77.2 Å². The molecule has 0 bridgehead atoms. The summed E-state index contributed by atoms with van der Waals surface area (Å²) in [7, 11) is 1.73. The molecule has 0 radical (unpaired) electrons. The van der Waals surface area contributed by atoms with Gasteiger partial charge in [0, 0.05) is 56.6 Å². The first-order valence-corrected chi connectivity index (χ1v) is 15.0. The van der Waals surface area contributed by atoms with Crippen LogP contribution in [0.5, 0.6) is 5.75 Å². The number of likely N-dealkylation sites (tertiary alicyclic amines) is 2. The summed E-state index contributed by atoms with van der Waals surface area (Å²) in [6.45, 7) is 12.3. The first-order chi connectivity index (χ1) is 18.6. The van der Waals surface area contributed by atoms with E-state index in [0.717, 1.165) is 86.0 Å². The van der Waals surface area contributed by atoms with Crippen molar-refractivity contribution in [2.45, 2.75) is 83.7 Å². The van der Waals surface area contributed by atoms with Crippen LogP contribution in [0.25, 0.3) is 10.9 Å². The number of benzene rings is 1. The molecule has 3 aliphatic heterocycles. The summed E-state index contributed by atoms with van der Waals surface area (Å²) in [5.41, 5.74) is 1.86. The Morgan fingerprint density at radius 3 is 2.34 bits per heavy atom. The zero-order valence-electron chi connectivity index (χ0n) is 23.8. The van der Waals surface area contributed by atoms with E-state index in [1.54, 1.807) is 7.11 Å². The van der Waals surface area contributed by atoms with E-state index in [-0.39, 0.29) is 0 Å². The van der Waals surface area contributed by atoms with Crippen molar-refractivity contribution in [3.8, 4) is 17.6 Å². The molecule has 0 amide bonds. The lowest BCUT2D eigenvalue weighted by atomic mass is 10.0. The van der Waals surface area contributed by atoms with E-state index in [0.29, 0.717) is 12.1 Å². The minimum Gasteiger partial charge on any atom is -0.495 e. The van der Waals surface area contributed by atoms with Crippen molar-refractivity contribution in [1.29, 1.82) is 0 Å². The van der Waals surface area contributed by atoms with E-state index < -0.39 is 0 Å². The Kier molecular flexibility index (Phi) is 9.24. The van der Waals surface area contributed by atoms with E-state index >= 15 is 0 Å². The summed E-state index contributed by atoms with van der Waals surface area (Å²) < 4.78 is 5.82. The van der Waals surface area contributed by atoms with E-state index in [1.807, 2.05) is 0 Å². The van der Waals surface area contributed by atoms with E-state index in [4.69, 9.17) is 14.7 Å². The van der Waals surface area contributed by atoms with Crippen molar-refractivity contribution >= 4 is 22.7 Å². The summed E-state index contributed by atoms with van der Waals surface area (Å²) in [6.07, 6.45) is 10.8. The lowest BCUT2D eigenvalue weighted by Crippen LogP contribution is -2.42. The Labute approximate surface area is 229 Å². The highest BCUT2D eigenvalue weighted by molar-refractivity contribution is 5.93. The number of fused-ring (bicyclic) bond motifs is 1. The quantitative estimate of drug-likeness (QED) is 0.509. The molecular formula is C31H46N6O. The van der Waals surface area contributed by atoms with Crippen molar-refractivity contribution in [3.05, 3.63) is 17.7 Å². The van der Waals surface area contributed by atoms with E-state index in [9.17, 15) is 0 Å². The van der Waals surface area contributed by atoms with Gasteiger partial charge in [-0.2, -0.15) is 4.98 Å². The highest BCUT2D eigenvalue weighted by Gasteiger charge is 2.23. The summed E-state index contributed by atoms with van der Waals surface area (Å²) in [5, 5.41) is 4.84. The maximum absolute atomic E-state index is 5.82. The van der Waals surface area contributed by atoms with E-state index in [2.05, 4.69) is 57.8 Å². The number of hydrogen-bond donors (Lipinski definition) is 1. The van der Waals surface area contributed by atoms with Gasteiger partial charge < -0.3 is 24.8 Å². The topological polar surface area (TPSA) is 56.8 Å². The Bertz CT molecular complexity index is 1120. The summed E-state index contributed by atoms with van der Waals surface area (Å²) in [5.74, 6) is 9.40. The third-order valence-corrected chi connectivity index (χ3v) is 8.47. The SMILES string of the molecule is COc1cc2c(NC3CCN(C(C)C)CC3)nc(N3CCCCC3)nc2cc1C#CCCN1CCCCC1. The second kappa shape index (κ2) is 13.0. The molecule has 1 N–H and O–H groups in total. The van der Waals surface area contributed by atoms with Crippen LogP contribution < -0.4 is 15.0 Å². The second-order valence-electron chi connectivity index (χ2n) is 11.5. The zero-order chi connectivity index (χ0) is 26.3. The molecule has 0 aliphatic carbocycles. The fourth-order valence-electron chi connectivity index (χ4n) is 6.06. The predicted molar refractivity (Wildman–Crippen MR) is 157 cm³/mol. The Morgan fingerprint density at radius 2 is 1.66 bits per heavy atom. The maximum atomic E-state index is 5.82. The fourth-order valence-corrected chi connectivity index (χ4v) is 6.06. The number of piperidine rings is 3. The van der Waals surface area contributed by atoms with Crippen LogP contribution >= 0.6 is 0 Å². The molecule has 2 aromatic rings. The standard InChI is InChI=1S/C31H46N6O/c1-24(2)36-20-13-26(14-21-36)32-30-27-23-29(38-3)25(12-6-11-17-35-15-7-4-8-16-35)22-28(27)33-31(34-30)37-18-9-5-10-19-37/h22-24,26H,4-5,7-11,13-21H2,1-3H3,(H,32,33,34). The molecule has 1 aromatic carbocycles. The van der Waals surface area contributed by atoms with Gasteiger partial charge in [0.05, 0.1) is 18.2 Å². The third kappa shape index (κ3) is 6.71. The third-order valence-electron chi connectivity index (χ3n) is 8.47. The second-order valence-corrected chi connectivity index (χ2v) is 11.5. The Balaban J connectivity index is 1.41. The van der Waals surface area contributed by atoms with Gasteiger partial charge in [-0.1, -0.05) is 18.3 Å². The van der Waals surface area contributed by atoms with Gasteiger partial charge in [0.25, 0.3) is 0 Å². The largest absolute Gasteiger partial charge is 0.495 e. The molecule has 5 rings (SSSR count). The van der Waals surface area contributed by atoms with Crippen molar-refractivity contribution < 1.29 is 4.74 Å². The highest BCUT2D eigenvalue weighted by atomic mass is 16.5. The van der Waals surface area contributed by atoms with Crippen molar-refractivity contribution in [1.82, 2.24) is 19.8 Å². The zero-order valence-corrected chi connectivity index (χ0v) is 23.8. The normalized spacial score (nSPS) is 19.9. The lowest BCUT2D eigenvalue weighted by Gasteiger charge is -2.35. The number of aromatic nitrogens is 2. The monoisotopic (exact) mass is 518 g/mol. The predicted octanol–water partition coefficient (Wildman–Crippen LogP) is 5.14. The van der Waals surface area contributed by atoms with Gasteiger partial charge in [-0.25, -0.2) is 4.98 Å². The number of nitrogens with one attached hydrogen (secondary N) is 1. The van der Waals surface area contributed by atoms with Gasteiger partial charge in [0.1, 0.15) is 11.6 Å². The van der Waals surface area contributed by atoms with Crippen LogP contribution in [0, 0.1) is 11.8 Å². The molecule has 0 saturated carbocycles. The molecule has 0 unspecified atom stereocenters. The summed E-state index contributed by atoms with van der Waals surface area (Å²) >= 11 is 0. The Morgan fingerprint density at radius 1 is 0.947 bits per heavy atom. The van der Waals surface area contributed by atoms with Crippen molar-refractivity contribution in [2.75, 3.05) is 63.1 Å². The van der Waals surface area contributed by atoms with Gasteiger partial charge in [0.15, 0.2) is 0 Å². The molecule has 0 atom stereocenters. The van der Waals surface area contributed by atoms with Gasteiger partial charge in [0.2, 0.25) is 5.95 Å². The molecule has 1 aromatic heterocycles. The van der Waals surface area contributed by atoms with Crippen LogP contribution in [0.2, 0.25) is 0 Å².